The first-order valence-corrected chi connectivity index (χ1v) is 10.2. The van der Waals surface area contributed by atoms with Crippen LogP contribution < -0.4 is 18.9 Å². The lowest BCUT2D eigenvalue weighted by Gasteiger charge is -2.38. The Hall–Kier alpha value is -3.67. The van der Waals surface area contributed by atoms with Crippen LogP contribution in [0, 0.1) is 0 Å². The lowest BCUT2D eigenvalue weighted by Crippen LogP contribution is -2.33. The normalized spacial score (nSPS) is 19.1. The molecule has 0 aliphatic carbocycles. The van der Waals surface area contributed by atoms with Crippen molar-refractivity contribution in [1.82, 2.24) is 5.01 Å². The zero-order chi connectivity index (χ0) is 21.4. The van der Waals surface area contributed by atoms with Gasteiger partial charge in [0.1, 0.15) is 23.0 Å². The molecule has 6 heteroatoms. The fourth-order valence-corrected chi connectivity index (χ4v) is 4.14. The molecule has 0 saturated carbocycles. The second-order valence-corrected chi connectivity index (χ2v) is 7.52. The Balaban J connectivity index is 1.56. The van der Waals surface area contributed by atoms with E-state index in [4.69, 9.17) is 24.0 Å². The van der Waals surface area contributed by atoms with Crippen LogP contribution in [-0.2, 0) is 0 Å². The van der Waals surface area contributed by atoms with Gasteiger partial charge in [-0.3, -0.25) is 0 Å². The van der Waals surface area contributed by atoms with Gasteiger partial charge in [-0.15, -0.1) is 0 Å². The fraction of sp³-hybridized carbons (Fsp3) is 0.240. The molecule has 0 bridgehead atoms. The van der Waals surface area contributed by atoms with Gasteiger partial charge in [-0.05, 0) is 72.3 Å². The van der Waals surface area contributed by atoms with Crippen molar-refractivity contribution in [2.75, 3.05) is 21.3 Å². The molecule has 2 heterocycles. The SMILES string of the molecule is COc1ccc(C2=NN3[C@@H](c4ccc(OC)cc4)Oc4ccc(OC)cc4[C@@H]3C2)cc1. The third-order valence-corrected chi connectivity index (χ3v) is 5.82. The number of nitrogens with zero attached hydrogens (tertiary/aromatic N) is 2. The van der Waals surface area contributed by atoms with Gasteiger partial charge in [-0.25, -0.2) is 5.01 Å². The molecule has 2 aliphatic rings. The molecule has 31 heavy (non-hydrogen) atoms. The molecule has 3 aromatic carbocycles. The van der Waals surface area contributed by atoms with Gasteiger partial charge in [0.05, 0.1) is 33.1 Å². The van der Waals surface area contributed by atoms with Crippen molar-refractivity contribution in [2.45, 2.75) is 18.7 Å². The zero-order valence-electron chi connectivity index (χ0n) is 17.7. The van der Waals surface area contributed by atoms with Crippen LogP contribution in [0.15, 0.2) is 71.8 Å². The summed E-state index contributed by atoms with van der Waals surface area (Å²) < 4.78 is 22.5. The highest BCUT2D eigenvalue weighted by atomic mass is 16.5. The number of rotatable bonds is 5. The summed E-state index contributed by atoms with van der Waals surface area (Å²) in [5, 5.41) is 7.06. The van der Waals surface area contributed by atoms with E-state index >= 15 is 0 Å². The van der Waals surface area contributed by atoms with Crippen molar-refractivity contribution in [2.24, 2.45) is 5.10 Å². The predicted octanol–water partition coefficient (Wildman–Crippen LogP) is 4.95. The molecular formula is C25H24N2O4. The smallest absolute Gasteiger partial charge is 0.213 e. The molecule has 0 unspecified atom stereocenters. The molecule has 0 amide bonds. The van der Waals surface area contributed by atoms with Crippen molar-refractivity contribution in [1.29, 1.82) is 0 Å². The van der Waals surface area contributed by atoms with Gasteiger partial charge in [-0.2, -0.15) is 5.10 Å². The van der Waals surface area contributed by atoms with Gasteiger partial charge in [-0.1, -0.05) is 0 Å². The number of ether oxygens (including phenoxy) is 4. The third kappa shape index (κ3) is 3.44. The molecule has 158 valence electrons. The molecule has 0 aromatic heterocycles. The van der Waals surface area contributed by atoms with E-state index in [1.54, 1.807) is 21.3 Å². The maximum absolute atomic E-state index is 6.43. The van der Waals surface area contributed by atoms with Gasteiger partial charge in [0.2, 0.25) is 6.23 Å². The number of hydrogen-bond donors (Lipinski definition) is 0. The molecule has 0 saturated heterocycles. The van der Waals surface area contributed by atoms with Crippen LogP contribution in [0.3, 0.4) is 0 Å². The molecular weight excluding hydrogens is 392 g/mol. The van der Waals surface area contributed by atoms with Crippen LogP contribution in [-0.4, -0.2) is 32.0 Å². The van der Waals surface area contributed by atoms with Gasteiger partial charge >= 0.3 is 0 Å². The lowest BCUT2D eigenvalue weighted by molar-refractivity contribution is -0.0191. The van der Waals surface area contributed by atoms with Crippen LogP contribution in [0.1, 0.15) is 35.4 Å². The summed E-state index contributed by atoms with van der Waals surface area (Å²) in [6.07, 6.45) is 0.454. The van der Waals surface area contributed by atoms with Crippen molar-refractivity contribution in [3.63, 3.8) is 0 Å². The van der Waals surface area contributed by atoms with Gasteiger partial charge < -0.3 is 18.9 Å². The maximum Gasteiger partial charge on any atom is 0.213 e. The zero-order valence-corrected chi connectivity index (χ0v) is 17.7. The van der Waals surface area contributed by atoms with Crippen LogP contribution in [0.5, 0.6) is 23.0 Å². The van der Waals surface area contributed by atoms with Crippen LogP contribution in [0.4, 0.5) is 0 Å². The molecule has 0 radical (unpaired) electrons. The summed E-state index contributed by atoms with van der Waals surface area (Å²) in [6, 6.07) is 22.0. The first-order chi connectivity index (χ1) is 15.2. The Kier molecular flexibility index (Phi) is 4.90. The average Bonchev–Trinajstić information content (AvgIpc) is 3.29. The van der Waals surface area contributed by atoms with E-state index in [1.165, 1.54) is 0 Å². The van der Waals surface area contributed by atoms with Crippen LogP contribution in [0.25, 0.3) is 0 Å². The molecule has 6 nitrogen and oxygen atoms in total. The fourth-order valence-electron chi connectivity index (χ4n) is 4.14. The Bertz CT molecular complexity index is 1110. The quantitative estimate of drug-likeness (QED) is 0.589. The molecule has 2 atom stereocenters. The predicted molar refractivity (Wildman–Crippen MR) is 118 cm³/mol. The van der Waals surface area contributed by atoms with E-state index < -0.39 is 0 Å². The number of methoxy groups -OCH3 is 3. The van der Waals surface area contributed by atoms with Crippen molar-refractivity contribution in [3.05, 3.63) is 83.4 Å². The molecule has 3 aromatic rings. The van der Waals surface area contributed by atoms with Crippen molar-refractivity contribution in [3.8, 4) is 23.0 Å². The van der Waals surface area contributed by atoms with Crippen molar-refractivity contribution >= 4 is 5.71 Å². The topological polar surface area (TPSA) is 52.5 Å². The Morgan fingerprint density at radius 2 is 1.42 bits per heavy atom. The average molecular weight is 416 g/mol. The second-order valence-electron chi connectivity index (χ2n) is 7.52. The summed E-state index contributed by atoms with van der Waals surface area (Å²) in [5.74, 6) is 3.30. The monoisotopic (exact) mass is 416 g/mol. The van der Waals surface area contributed by atoms with E-state index in [-0.39, 0.29) is 12.3 Å². The Morgan fingerprint density at radius 3 is 2.06 bits per heavy atom. The summed E-state index contributed by atoms with van der Waals surface area (Å²) >= 11 is 0. The molecule has 5 rings (SSSR count). The second kappa shape index (κ2) is 7.87. The number of hydrogen-bond acceptors (Lipinski definition) is 6. The minimum absolute atomic E-state index is 0.0584. The number of fused-ring (bicyclic) bond motifs is 3. The molecule has 2 aliphatic heterocycles. The third-order valence-electron chi connectivity index (χ3n) is 5.82. The molecule has 0 fully saturated rings. The molecule has 0 spiro atoms. The van der Waals surface area contributed by atoms with Crippen LogP contribution in [0.2, 0.25) is 0 Å². The maximum atomic E-state index is 6.43. The van der Waals surface area contributed by atoms with Gasteiger partial charge in [0, 0.05) is 17.5 Å². The van der Waals surface area contributed by atoms with Crippen molar-refractivity contribution < 1.29 is 18.9 Å². The van der Waals surface area contributed by atoms with E-state index in [9.17, 15) is 0 Å². The summed E-state index contributed by atoms with van der Waals surface area (Å²) in [6.45, 7) is 0. The van der Waals surface area contributed by atoms with Crippen LogP contribution >= 0.6 is 0 Å². The van der Waals surface area contributed by atoms with Gasteiger partial charge in [0.25, 0.3) is 0 Å². The Labute approximate surface area is 181 Å². The highest BCUT2D eigenvalue weighted by molar-refractivity contribution is 6.02. The number of benzene rings is 3. The van der Waals surface area contributed by atoms with E-state index in [1.807, 2.05) is 66.7 Å². The highest BCUT2D eigenvalue weighted by Gasteiger charge is 2.41. The summed E-state index contributed by atoms with van der Waals surface area (Å²) in [5.41, 5.74) is 4.20. The molecule has 0 N–H and O–H groups in total. The minimum atomic E-state index is -0.326. The summed E-state index contributed by atoms with van der Waals surface area (Å²) in [7, 11) is 5.01. The number of hydrazone groups is 1. The largest absolute Gasteiger partial charge is 0.497 e. The van der Waals surface area contributed by atoms with E-state index in [0.717, 1.165) is 51.8 Å². The minimum Gasteiger partial charge on any atom is -0.497 e. The highest BCUT2D eigenvalue weighted by Crippen LogP contribution is 2.48. The van der Waals surface area contributed by atoms with E-state index in [2.05, 4.69) is 5.01 Å². The lowest BCUT2D eigenvalue weighted by atomic mass is 9.95. The van der Waals surface area contributed by atoms with E-state index in [0.29, 0.717) is 0 Å². The van der Waals surface area contributed by atoms with Gasteiger partial charge in [0.15, 0.2) is 0 Å². The summed E-state index contributed by atoms with van der Waals surface area (Å²) in [4.78, 5) is 0. The first-order valence-electron chi connectivity index (χ1n) is 10.2. The first kappa shape index (κ1) is 19.3. The standard InChI is InChI=1S/C25H24N2O4/c1-28-18-8-4-16(5-9-18)22-15-23-21-14-20(30-3)12-13-24(21)31-25(27(23)26-22)17-6-10-19(29-2)11-7-17/h4-14,23,25H,15H2,1-3H3/t23-,25+/m0/s1. The Morgan fingerprint density at radius 1 is 0.806 bits per heavy atom.